The molecule has 4 rings (SSSR count). The van der Waals surface area contributed by atoms with Gasteiger partial charge in [0.05, 0.1) is 23.7 Å². The smallest absolute Gasteiger partial charge is 0.319 e. The molecule has 0 aliphatic heterocycles. The third kappa shape index (κ3) is 6.42. The number of nitrogens with zero attached hydrogens (tertiary/aromatic N) is 3. The van der Waals surface area contributed by atoms with Gasteiger partial charge in [0, 0.05) is 41.7 Å². The van der Waals surface area contributed by atoms with Crippen LogP contribution in [-0.2, 0) is 4.79 Å². The predicted octanol–water partition coefficient (Wildman–Crippen LogP) is 4.39. The van der Waals surface area contributed by atoms with Crippen LogP contribution in [0.5, 0.6) is 0 Å². The monoisotopic (exact) mass is 488 g/mol. The summed E-state index contributed by atoms with van der Waals surface area (Å²) in [7, 11) is 0. The number of hydrogen-bond donors (Lipinski definition) is 4. The molecule has 3 heterocycles. The van der Waals surface area contributed by atoms with Gasteiger partial charge in [0.25, 0.3) is 0 Å². The Labute approximate surface area is 210 Å². The lowest BCUT2D eigenvalue weighted by Gasteiger charge is -2.25. The van der Waals surface area contributed by atoms with Crippen molar-refractivity contribution in [2.45, 2.75) is 46.6 Å². The summed E-state index contributed by atoms with van der Waals surface area (Å²) in [5.41, 5.74) is 4.29. The Kier molecular flexibility index (Phi) is 7.30. The highest BCUT2D eigenvalue weighted by Gasteiger charge is 2.29. The van der Waals surface area contributed by atoms with E-state index in [1.54, 1.807) is 18.6 Å². The second-order valence-corrected chi connectivity index (χ2v) is 10.2. The first-order valence-corrected chi connectivity index (χ1v) is 12.0. The van der Waals surface area contributed by atoms with Crippen molar-refractivity contribution in [2.24, 2.45) is 11.3 Å². The molecule has 3 aromatic rings. The Morgan fingerprint density at radius 1 is 1.03 bits per heavy atom. The van der Waals surface area contributed by atoms with E-state index in [0.717, 1.165) is 40.9 Å². The van der Waals surface area contributed by atoms with Crippen molar-refractivity contribution >= 4 is 23.4 Å². The van der Waals surface area contributed by atoms with Crippen LogP contribution in [0, 0.1) is 18.3 Å². The van der Waals surface area contributed by atoms with Gasteiger partial charge in [-0.2, -0.15) is 0 Å². The number of aromatic nitrogens is 3. The van der Waals surface area contributed by atoms with Crippen molar-refractivity contribution in [1.29, 1.82) is 0 Å². The van der Waals surface area contributed by atoms with Gasteiger partial charge in [-0.1, -0.05) is 20.8 Å². The van der Waals surface area contributed by atoms with E-state index in [4.69, 9.17) is 0 Å². The first kappa shape index (κ1) is 25.2. The Morgan fingerprint density at radius 3 is 2.47 bits per heavy atom. The van der Waals surface area contributed by atoms with E-state index in [2.05, 4.69) is 30.9 Å². The molecule has 9 nitrogen and oxygen atoms in total. The highest BCUT2D eigenvalue weighted by molar-refractivity contribution is 5.93. The van der Waals surface area contributed by atoms with Gasteiger partial charge in [-0.25, -0.2) is 9.78 Å². The van der Waals surface area contributed by atoms with Gasteiger partial charge in [0.2, 0.25) is 5.91 Å². The number of aliphatic hydroxyl groups excluding tert-OH is 1. The molecule has 0 unspecified atom stereocenters. The van der Waals surface area contributed by atoms with Gasteiger partial charge in [-0.05, 0) is 61.1 Å². The molecule has 0 saturated heterocycles. The third-order valence-corrected chi connectivity index (χ3v) is 6.13. The first-order valence-electron chi connectivity index (χ1n) is 12.0. The van der Waals surface area contributed by atoms with E-state index >= 15 is 0 Å². The molecule has 1 atom stereocenters. The van der Waals surface area contributed by atoms with Gasteiger partial charge < -0.3 is 21.1 Å². The van der Waals surface area contributed by atoms with Gasteiger partial charge >= 0.3 is 6.03 Å². The van der Waals surface area contributed by atoms with E-state index in [9.17, 15) is 14.7 Å². The van der Waals surface area contributed by atoms with E-state index in [0.29, 0.717) is 11.5 Å². The molecule has 1 saturated carbocycles. The highest BCUT2D eigenvalue weighted by atomic mass is 16.3. The van der Waals surface area contributed by atoms with Crippen molar-refractivity contribution in [3.8, 4) is 22.4 Å². The fourth-order valence-electron chi connectivity index (χ4n) is 3.55. The Balaban J connectivity index is 1.50. The van der Waals surface area contributed by atoms with E-state index in [-0.39, 0.29) is 23.8 Å². The summed E-state index contributed by atoms with van der Waals surface area (Å²) in [5, 5.41) is 18.5. The van der Waals surface area contributed by atoms with Crippen molar-refractivity contribution in [3.63, 3.8) is 0 Å². The second kappa shape index (κ2) is 10.4. The number of aliphatic hydroxyl groups is 1. The quantitative estimate of drug-likeness (QED) is 0.390. The summed E-state index contributed by atoms with van der Waals surface area (Å²) in [6, 6.07) is 8.92. The number of amides is 3. The van der Waals surface area contributed by atoms with Crippen LogP contribution in [0.4, 0.5) is 16.3 Å². The minimum Gasteiger partial charge on any atom is -0.391 e. The summed E-state index contributed by atoms with van der Waals surface area (Å²) in [4.78, 5) is 37.7. The van der Waals surface area contributed by atoms with Crippen molar-refractivity contribution in [1.82, 2.24) is 20.3 Å². The van der Waals surface area contributed by atoms with E-state index < -0.39 is 12.1 Å². The van der Waals surface area contributed by atoms with Crippen LogP contribution >= 0.6 is 0 Å². The zero-order valence-electron chi connectivity index (χ0n) is 21.0. The summed E-state index contributed by atoms with van der Waals surface area (Å²) < 4.78 is 0. The number of carbonyl (C=O) groups excluding carboxylic acids is 2. The lowest BCUT2D eigenvalue weighted by Crippen LogP contribution is -2.40. The van der Waals surface area contributed by atoms with Crippen molar-refractivity contribution in [2.75, 3.05) is 17.2 Å². The molecule has 0 radical (unpaired) electrons. The summed E-state index contributed by atoms with van der Waals surface area (Å²) in [5.74, 6) is 0.603. The van der Waals surface area contributed by atoms with Gasteiger partial charge in [-0.15, -0.1) is 0 Å². The average molecular weight is 489 g/mol. The number of urea groups is 1. The average Bonchev–Trinajstić information content (AvgIpc) is 3.69. The molecule has 188 valence electrons. The maximum atomic E-state index is 12.4. The molecule has 0 spiro atoms. The third-order valence-electron chi connectivity index (χ3n) is 6.13. The fraction of sp³-hybridized carbons (Fsp3) is 0.370. The fourth-order valence-corrected chi connectivity index (χ4v) is 3.55. The number of anilines is 2. The largest absolute Gasteiger partial charge is 0.391 e. The lowest BCUT2D eigenvalue weighted by molar-refractivity contribution is -0.117. The van der Waals surface area contributed by atoms with E-state index in [1.807, 2.05) is 58.0 Å². The molecular formula is C27H32N6O3. The Morgan fingerprint density at radius 2 is 1.75 bits per heavy atom. The molecule has 3 amide bonds. The zero-order valence-corrected chi connectivity index (χ0v) is 21.0. The zero-order chi connectivity index (χ0) is 25.9. The molecule has 4 N–H and O–H groups in total. The maximum absolute atomic E-state index is 12.4. The normalized spacial score (nSPS) is 14.1. The molecular weight excluding hydrogens is 456 g/mol. The molecule has 0 bridgehead atoms. The maximum Gasteiger partial charge on any atom is 0.319 e. The van der Waals surface area contributed by atoms with Crippen molar-refractivity contribution < 1.29 is 14.7 Å². The van der Waals surface area contributed by atoms with Crippen LogP contribution in [0.1, 0.15) is 39.3 Å². The van der Waals surface area contributed by atoms with Crippen LogP contribution in [0.2, 0.25) is 0 Å². The molecule has 0 aromatic carbocycles. The minimum atomic E-state index is -0.666. The van der Waals surface area contributed by atoms with Gasteiger partial charge in [0.1, 0.15) is 5.82 Å². The molecule has 1 aliphatic carbocycles. The summed E-state index contributed by atoms with van der Waals surface area (Å²) in [6.07, 6.45) is 6.15. The summed E-state index contributed by atoms with van der Waals surface area (Å²) in [6.45, 7) is 7.77. The van der Waals surface area contributed by atoms with Crippen LogP contribution in [0.25, 0.3) is 22.4 Å². The lowest BCUT2D eigenvalue weighted by atomic mass is 9.89. The number of nitrogens with one attached hydrogen (secondary N) is 3. The molecule has 1 fully saturated rings. The van der Waals surface area contributed by atoms with Crippen LogP contribution < -0.4 is 16.0 Å². The second-order valence-electron chi connectivity index (χ2n) is 10.2. The van der Waals surface area contributed by atoms with Crippen LogP contribution in [0.15, 0.2) is 48.9 Å². The molecule has 9 heteroatoms. The predicted molar refractivity (Wildman–Crippen MR) is 139 cm³/mol. The molecule has 1 aliphatic rings. The number of pyridine rings is 3. The van der Waals surface area contributed by atoms with Gasteiger partial charge in [-0.3, -0.25) is 14.8 Å². The number of hydrogen-bond acceptors (Lipinski definition) is 6. The van der Waals surface area contributed by atoms with Gasteiger partial charge in [0.15, 0.2) is 0 Å². The topological polar surface area (TPSA) is 129 Å². The molecule has 3 aromatic heterocycles. The Hall–Kier alpha value is -3.85. The van der Waals surface area contributed by atoms with Crippen LogP contribution in [0.3, 0.4) is 0 Å². The first-order chi connectivity index (χ1) is 17.1. The number of aryl methyl sites for hydroxylation is 1. The Bertz CT molecular complexity index is 1270. The van der Waals surface area contributed by atoms with E-state index in [1.165, 1.54) is 0 Å². The number of rotatable bonds is 7. The standard InChI is InChI=1S/C27H32N6O3/c1-16-21(13-20(14-30-16)32-26(36)31-15-23(34)27(2,3)4)18-7-9-28-22(11-18)19-8-10-29-24(12-19)33-25(35)17-5-6-17/h7-14,17,23,34H,5-6,15H2,1-4H3,(H,29,33,35)(H2,31,32,36)/t23-/m0/s1. The minimum absolute atomic E-state index is 0.00401. The van der Waals surface area contributed by atoms with Crippen molar-refractivity contribution in [3.05, 3.63) is 54.6 Å². The van der Waals surface area contributed by atoms with Crippen LogP contribution in [-0.4, -0.2) is 44.6 Å². The number of carbonyl (C=O) groups is 2. The highest BCUT2D eigenvalue weighted by Crippen LogP contribution is 2.31. The summed E-state index contributed by atoms with van der Waals surface area (Å²) >= 11 is 0. The molecule has 36 heavy (non-hydrogen) atoms. The SMILES string of the molecule is Cc1ncc(NC(=O)NC[C@H](O)C(C)(C)C)cc1-c1ccnc(-c2ccnc(NC(=O)C3CC3)c2)c1.